The average Bonchev–Trinajstić information content (AvgIpc) is 2.47. The molecule has 2 unspecified atom stereocenters. The second-order valence-electron chi connectivity index (χ2n) is 5.81. The molecule has 0 aliphatic rings. The number of carbonyl (C=O) groups excluding carboxylic acids is 1. The second kappa shape index (κ2) is 7.46. The number of aliphatic hydroxyl groups is 1. The van der Waals surface area contributed by atoms with Gasteiger partial charge < -0.3 is 14.7 Å². The van der Waals surface area contributed by atoms with E-state index in [4.69, 9.17) is 4.74 Å². The van der Waals surface area contributed by atoms with Gasteiger partial charge in [-0.05, 0) is 31.0 Å². The number of esters is 1. The van der Waals surface area contributed by atoms with Crippen LogP contribution in [0.15, 0.2) is 24.3 Å². The smallest absolute Gasteiger partial charge is 0.311 e. The molecule has 0 aliphatic heterocycles. The zero-order valence-electron chi connectivity index (χ0n) is 13.7. The summed E-state index contributed by atoms with van der Waals surface area (Å²) in [6.45, 7) is 3.75. The van der Waals surface area contributed by atoms with Crippen LogP contribution in [-0.4, -0.2) is 32.3 Å². The van der Waals surface area contributed by atoms with Crippen molar-refractivity contribution < 1.29 is 14.6 Å². The Morgan fingerprint density at radius 1 is 1.33 bits per heavy atom. The first-order valence-electron chi connectivity index (χ1n) is 7.42. The molecule has 1 rings (SSSR count). The molecule has 1 N–H and O–H groups in total. The number of rotatable bonds is 7. The van der Waals surface area contributed by atoms with Gasteiger partial charge in [-0.1, -0.05) is 31.9 Å². The molecule has 21 heavy (non-hydrogen) atoms. The van der Waals surface area contributed by atoms with Gasteiger partial charge in [0.25, 0.3) is 0 Å². The molecule has 2 atom stereocenters. The van der Waals surface area contributed by atoms with Crippen LogP contribution in [0.4, 0.5) is 5.69 Å². The highest BCUT2D eigenvalue weighted by atomic mass is 16.5. The topological polar surface area (TPSA) is 49.8 Å². The van der Waals surface area contributed by atoms with Gasteiger partial charge in [0, 0.05) is 19.8 Å². The summed E-state index contributed by atoms with van der Waals surface area (Å²) in [5.41, 5.74) is 0.560. The SMILES string of the molecule is CCCCC(C(=O)OC)C(C)(O)c1ccc(N(C)C)cc1. The van der Waals surface area contributed by atoms with Crippen LogP contribution in [0.1, 0.15) is 38.7 Å². The van der Waals surface area contributed by atoms with Crippen molar-refractivity contribution in [3.8, 4) is 0 Å². The summed E-state index contributed by atoms with van der Waals surface area (Å²) in [7, 11) is 5.30. The number of ether oxygens (including phenoxy) is 1. The molecule has 0 heterocycles. The maximum atomic E-state index is 12.0. The monoisotopic (exact) mass is 293 g/mol. The lowest BCUT2D eigenvalue weighted by atomic mass is 9.80. The van der Waals surface area contributed by atoms with Gasteiger partial charge in [-0.25, -0.2) is 0 Å². The van der Waals surface area contributed by atoms with E-state index in [1.807, 2.05) is 43.3 Å². The zero-order valence-corrected chi connectivity index (χ0v) is 13.7. The number of hydrogen-bond acceptors (Lipinski definition) is 4. The van der Waals surface area contributed by atoms with E-state index in [0.717, 1.165) is 24.1 Å². The van der Waals surface area contributed by atoms with Crippen molar-refractivity contribution in [1.29, 1.82) is 0 Å². The minimum Gasteiger partial charge on any atom is -0.469 e. The Labute approximate surface area is 127 Å². The molecule has 1 aromatic rings. The highest BCUT2D eigenvalue weighted by molar-refractivity contribution is 5.74. The summed E-state index contributed by atoms with van der Waals surface area (Å²) in [4.78, 5) is 14.0. The van der Waals surface area contributed by atoms with Crippen molar-refractivity contribution in [2.45, 2.75) is 38.7 Å². The van der Waals surface area contributed by atoms with Crippen LogP contribution in [0.3, 0.4) is 0 Å². The van der Waals surface area contributed by atoms with Crippen LogP contribution >= 0.6 is 0 Å². The quantitative estimate of drug-likeness (QED) is 0.785. The lowest BCUT2D eigenvalue weighted by Gasteiger charge is -2.32. The first-order valence-corrected chi connectivity index (χ1v) is 7.42. The van der Waals surface area contributed by atoms with E-state index >= 15 is 0 Å². The standard InChI is InChI=1S/C17H27NO3/c1-6-7-8-15(16(19)21-5)17(2,20)13-9-11-14(12-10-13)18(3)4/h9-12,15,20H,6-8H2,1-5H3. The van der Waals surface area contributed by atoms with E-state index < -0.39 is 11.5 Å². The fraction of sp³-hybridized carbons (Fsp3) is 0.588. The Bertz CT molecular complexity index is 452. The van der Waals surface area contributed by atoms with Crippen LogP contribution in [0.5, 0.6) is 0 Å². The number of anilines is 1. The van der Waals surface area contributed by atoms with E-state index in [0.29, 0.717) is 6.42 Å². The summed E-state index contributed by atoms with van der Waals surface area (Å²) in [6.07, 6.45) is 2.47. The summed E-state index contributed by atoms with van der Waals surface area (Å²) in [6, 6.07) is 7.63. The molecule has 0 aromatic heterocycles. The Balaban J connectivity index is 3.05. The van der Waals surface area contributed by atoms with E-state index in [9.17, 15) is 9.90 Å². The van der Waals surface area contributed by atoms with E-state index in [1.54, 1.807) is 6.92 Å². The van der Waals surface area contributed by atoms with Crippen LogP contribution in [0.25, 0.3) is 0 Å². The number of hydrogen-bond donors (Lipinski definition) is 1. The predicted molar refractivity (Wildman–Crippen MR) is 85.4 cm³/mol. The van der Waals surface area contributed by atoms with Crippen molar-refractivity contribution >= 4 is 11.7 Å². The molecule has 0 saturated carbocycles. The average molecular weight is 293 g/mol. The first kappa shape index (κ1) is 17.5. The summed E-state index contributed by atoms with van der Waals surface area (Å²) >= 11 is 0. The molecule has 1 aromatic carbocycles. The van der Waals surface area contributed by atoms with Crippen LogP contribution in [0, 0.1) is 5.92 Å². The molecular weight excluding hydrogens is 266 g/mol. The van der Waals surface area contributed by atoms with E-state index in [-0.39, 0.29) is 5.97 Å². The Morgan fingerprint density at radius 2 is 1.90 bits per heavy atom. The van der Waals surface area contributed by atoms with Crippen LogP contribution < -0.4 is 4.90 Å². The fourth-order valence-corrected chi connectivity index (χ4v) is 2.48. The molecule has 4 heteroatoms. The molecule has 118 valence electrons. The van der Waals surface area contributed by atoms with E-state index in [2.05, 4.69) is 6.92 Å². The van der Waals surface area contributed by atoms with Gasteiger partial charge >= 0.3 is 5.97 Å². The highest BCUT2D eigenvalue weighted by Gasteiger charge is 2.39. The minimum absolute atomic E-state index is 0.356. The van der Waals surface area contributed by atoms with Crippen LogP contribution in [-0.2, 0) is 15.1 Å². The van der Waals surface area contributed by atoms with Gasteiger partial charge in [0.05, 0.1) is 13.0 Å². The molecule has 4 nitrogen and oxygen atoms in total. The molecule has 0 radical (unpaired) electrons. The fourth-order valence-electron chi connectivity index (χ4n) is 2.48. The van der Waals surface area contributed by atoms with Crippen LogP contribution in [0.2, 0.25) is 0 Å². The number of nitrogens with zero attached hydrogens (tertiary/aromatic N) is 1. The minimum atomic E-state index is -1.23. The Morgan fingerprint density at radius 3 is 2.33 bits per heavy atom. The molecule has 0 spiro atoms. The maximum absolute atomic E-state index is 12.0. The molecule has 0 fully saturated rings. The van der Waals surface area contributed by atoms with Crippen molar-refractivity contribution in [3.63, 3.8) is 0 Å². The first-order chi connectivity index (χ1) is 9.84. The number of unbranched alkanes of at least 4 members (excludes halogenated alkanes) is 1. The molecule has 0 aliphatic carbocycles. The largest absolute Gasteiger partial charge is 0.469 e. The lowest BCUT2D eigenvalue weighted by Crippen LogP contribution is -2.38. The van der Waals surface area contributed by atoms with Gasteiger partial charge in [0.15, 0.2) is 0 Å². The van der Waals surface area contributed by atoms with Crippen molar-refractivity contribution in [1.82, 2.24) is 0 Å². The molecular formula is C17H27NO3. The third-order valence-corrected chi connectivity index (χ3v) is 3.98. The second-order valence-corrected chi connectivity index (χ2v) is 5.81. The van der Waals surface area contributed by atoms with Gasteiger partial charge in [-0.15, -0.1) is 0 Å². The number of methoxy groups -OCH3 is 1. The van der Waals surface area contributed by atoms with Gasteiger partial charge in [0.1, 0.15) is 5.60 Å². The Kier molecular flexibility index (Phi) is 6.21. The van der Waals surface area contributed by atoms with Gasteiger partial charge in [-0.2, -0.15) is 0 Å². The van der Waals surface area contributed by atoms with Crippen molar-refractivity contribution in [3.05, 3.63) is 29.8 Å². The highest BCUT2D eigenvalue weighted by Crippen LogP contribution is 2.34. The lowest BCUT2D eigenvalue weighted by molar-refractivity contribution is -0.156. The normalized spacial score (nSPS) is 15.1. The summed E-state index contributed by atoms with van der Waals surface area (Å²) in [5, 5.41) is 10.9. The third-order valence-electron chi connectivity index (χ3n) is 3.98. The number of benzene rings is 1. The molecule has 0 amide bonds. The zero-order chi connectivity index (χ0) is 16.0. The summed E-state index contributed by atoms with van der Waals surface area (Å²) < 4.78 is 4.87. The van der Waals surface area contributed by atoms with Crippen molar-refractivity contribution in [2.24, 2.45) is 5.92 Å². The Hall–Kier alpha value is -1.55. The van der Waals surface area contributed by atoms with Gasteiger partial charge in [-0.3, -0.25) is 4.79 Å². The maximum Gasteiger partial charge on any atom is 0.311 e. The summed E-state index contributed by atoms with van der Waals surface area (Å²) in [5.74, 6) is -0.905. The van der Waals surface area contributed by atoms with Crippen molar-refractivity contribution in [2.75, 3.05) is 26.1 Å². The molecule has 0 bridgehead atoms. The molecule has 0 saturated heterocycles. The van der Waals surface area contributed by atoms with E-state index in [1.165, 1.54) is 7.11 Å². The number of carbonyl (C=O) groups is 1. The third kappa shape index (κ3) is 4.21. The predicted octanol–water partition coefficient (Wildman–Crippen LogP) is 2.94. The van der Waals surface area contributed by atoms with Gasteiger partial charge in [0.2, 0.25) is 0 Å².